The first kappa shape index (κ1) is 10.2. The molecule has 3 N–H and O–H groups in total. The predicted molar refractivity (Wildman–Crippen MR) is 53.2 cm³/mol. The summed E-state index contributed by atoms with van der Waals surface area (Å²) in [6, 6.07) is 0. The standard InChI is InChI=1S/C9H18N4/c1-13-8-9(7-12-13)6-11-5-3-2-4-10/h7-8,11H,2-6,10H2,1H3. The highest BCUT2D eigenvalue weighted by molar-refractivity contribution is 5.02. The average Bonchev–Trinajstić information content (AvgIpc) is 2.51. The zero-order valence-electron chi connectivity index (χ0n) is 8.16. The van der Waals surface area contributed by atoms with Crippen LogP contribution in [0.5, 0.6) is 0 Å². The molecule has 0 aromatic carbocycles. The van der Waals surface area contributed by atoms with Crippen LogP contribution in [-0.2, 0) is 13.6 Å². The van der Waals surface area contributed by atoms with E-state index in [1.165, 1.54) is 5.56 Å². The third-order valence-electron chi connectivity index (χ3n) is 1.90. The lowest BCUT2D eigenvalue weighted by Crippen LogP contribution is -2.15. The van der Waals surface area contributed by atoms with Crippen molar-refractivity contribution in [1.29, 1.82) is 0 Å². The molecule has 74 valence electrons. The summed E-state index contributed by atoms with van der Waals surface area (Å²) < 4.78 is 1.82. The van der Waals surface area contributed by atoms with Gasteiger partial charge in [0.15, 0.2) is 0 Å². The summed E-state index contributed by atoms with van der Waals surface area (Å²) in [6.07, 6.45) is 6.16. The van der Waals surface area contributed by atoms with Crippen LogP contribution in [0.2, 0.25) is 0 Å². The zero-order valence-corrected chi connectivity index (χ0v) is 8.16. The second-order valence-corrected chi connectivity index (χ2v) is 3.19. The van der Waals surface area contributed by atoms with Crippen molar-refractivity contribution in [1.82, 2.24) is 15.1 Å². The van der Waals surface area contributed by atoms with Crippen molar-refractivity contribution in [2.24, 2.45) is 12.8 Å². The van der Waals surface area contributed by atoms with E-state index in [2.05, 4.69) is 10.4 Å². The molecule has 1 rings (SSSR count). The van der Waals surface area contributed by atoms with Crippen molar-refractivity contribution in [2.45, 2.75) is 19.4 Å². The van der Waals surface area contributed by atoms with E-state index in [1.54, 1.807) is 0 Å². The maximum atomic E-state index is 5.38. The van der Waals surface area contributed by atoms with Gasteiger partial charge < -0.3 is 11.1 Å². The van der Waals surface area contributed by atoms with Gasteiger partial charge in [0.05, 0.1) is 6.20 Å². The molecule has 4 heteroatoms. The van der Waals surface area contributed by atoms with Crippen molar-refractivity contribution in [3.63, 3.8) is 0 Å². The number of nitrogens with one attached hydrogen (secondary N) is 1. The lowest BCUT2D eigenvalue weighted by molar-refractivity contribution is 0.627. The Morgan fingerprint density at radius 1 is 1.54 bits per heavy atom. The molecule has 0 atom stereocenters. The van der Waals surface area contributed by atoms with Gasteiger partial charge in [0.2, 0.25) is 0 Å². The number of aryl methyl sites for hydroxylation is 1. The minimum Gasteiger partial charge on any atom is -0.330 e. The summed E-state index contributed by atoms with van der Waals surface area (Å²) >= 11 is 0. The van der Waals surface area contributed by atoms with Crippen molar-refractivity contribution in [2.75, 3.05) is 13.1 Å². The van der Waals surface area contributed by atoms with Crippen LogP contribution in [0, 0.1) is 0 Å². The Hall–Kier alpha value is -0.870. The van der Waals surface area contributed by atoms with Crippen LogP contribution in [-0.4, -0.2) is 22.9 Å². The largest absolute Gasteiger partial charge is 0.330 e. The fourth-order valence-corrected chi connectivity index (χ4v) is 1.19. The number of hydrogen-bond donors (Lipinski definition) is 2. The van der Waals surface area contributed by atoms with E-state index in [-0.39, 0.29) is 0 Å². The molecule has 0 aliphatic rings. The molecular formula is C9H18N4. The number of unbranched alkanes of at least 4 members (excludes halogenated alkanes) is 1. The SMILES string of the molecule is Cn1cc(CNCCCCN)cn1. The fraction of sp³-hybridized carbons (Fsp3) is 0.667. The molecule has 0 fully saturated rings. The molecule has 0 spiro atoms. The summed E-state index contributed by atoms with van der Waals surface area (Å²) in [4.78, 5) is 0. The lowest BCUT2D eigenvalue weighted by Gasteiger charge is -2.00. The first-order chi connectivity index (χ1) is 6.33. The molecule has 0 aliphatic heterocycles. The molecule has 0 bridgehead atoms. The Kier molecular flexibility index (Phi) is 4.49. The van der Waals surface area contributed by atoms with Gasteiger partial charge in [-0.2, -0.15) is 5.10 Å². The maximum absolute atomic E-state index is 5.38. The molecule has 13 heavy (non-hydrogen) atoms. The Morgan fingerprint density at radius 3 is 3.00 bits per heavy atom. The van der Waals surface area contributed by atoms with Crippen molar-refractivity contribution in [3.8, 4) is 0 Å². The van der Waals surface area contributed by atoms with Crippen molar-refractivity contribution < 1.29 is 0 Å². The molecule has 1 heterocycles. The second-order valence-electron chi connectivity index (χ2n) is 3.19. The van der Waals surface area contributed by atoms with Crippen LogP contribution in [0.4, 0.5) is 0 Å². The monoisotopic (exact) mass is 182 g/mol. The maximum Gasteiger partial charge on any atom is 0.0534 e. The van der Waals surface area contributed by atoms with Gasteiger partial charge in [0.25, 0.3) is 0 Å². The second kappa shape index (κ2) is 5.72. The zero-order chi connectivity index (χ0) is 9.52. The van der Waals surface area contributed by atoms with Gasteiger partial charge in [-0.3, -0.25) is 4.68 Å². The normalized spacial score (nSPS) is 10.6. The van der Waals surface area contributed by atoms with E-state index < -0.39 is 0 Å². The third-order valence-corrected chi connectivity index (χ3v) is 1.90. The average molecular weight is 182 g/mol. The van der Waals surface area contributed by atoms with Crippen molar-refractivity contribution >= 4 is 0 Å². The van der Waals surface area contributed by atoms with Crippen LogP contribution in [0.15, 0.2) is 12.4 Å². The molecule has 0 unspecified atom stereocenters. The quantitative estimate of drug-likeness (QED) is 0.620. The highest BCUT2D eigenvalue weighted by Gasteiger charge is 1.94. The smallest absolute Gasteiger partial charge is 0.0534 e. The third kappa shape index (κ3) is 4.05. The number of nitrogens with zero attached hydrogens (tertiary/aromatic N) is 2. The Balaban J connectivity index is 2.06. The van der Waals surface area contributed by atoms with E-state index in [4.69, 9.17) is 5.73 Å². The van der Waals surface area contributed by atoms with Crippen LogP contribution in [0.1, 0.15) is 18.4 Å². The van der Waals surface area contributed by atoms with Crippen LogP contribution < -0.4 is 11.1 Å². The van der Waals surface area contributed by atoms with Gasteiger partial charge in [-0.05, 0) is 25.9 Å². The van der Waals surface area contributed by atoms with Gasteiger partial charge in [-0.1, -0.05) is 0 Å². The Labute approximate surface area is 79.1 Å². The fourth-order valence-electron chi connectivity index (χ4n) is 1.19. The molecule has 0 radical (unpaired) electrons. The van der Waals surface area contributed by atoms with E-state index in [9.17, 15) is 0 Å². The minimum atomic E-state index is 0.786. The van der Waals surface area contributed by atoms with Crippen LogP contribution >= 0.6 is 0 Å². The molecule has 0 saturated heterocycles. The first-order valence-corrected chi connectivity index (χ1v) is 4.71. The summed E-state index contributed by atoms with van der Waals surface area (Å²) in [7, 11) is 1.93. The highest BCUT2D eigenvalue weighted by atomic mass is 15.2. The summed E-state index contributed by atoms with van der Waals surface area (Å²) in [6.45, 7) is 2.72. The van der Waals surface area contributed by atoms with Crippen molar-refractivity contribution in [3.05, 3.63) is 18.0 Å². The molecule has 0 amide bonds. The van der Waals surface area contributed by atoms with E-state index in [1.807, 2.05) is 24.1 Å². The van der Waals surface area contributed by atoms with E-state index in [0.29, 0.717) is 0 Å². The van der Waals surface area contributed by atoms with Gasteiger partial charge in [0.1, 0.15) is 0 Å². The lowest BCUT2D eigenvalue weighted by atomic mass is 10.3. The van der Waals surface area contributed by atoms with Gasteiger partial charge in [-0.15, -0.1) is 0 Å². The molecule has 1 aromatic heterocycles. The Bertz CT molecular complexity index is 231. The van der Waals surface area contributed by atoms with Gasteiger partial charge in [-0.25, -0.2) is 0 Å². The van der Waals surface area contributed by atoms with Crippen LogP contribution in [0.25, 0.3) is 0 Å². The van der Waals surface area contributed by atoms with Gasteiger partial charge in [0, 0.05) is 25.4 Å². The number of aromatic nitrogens is 2. The summed E-state index contributed by atoms with van der Waals surface area (Å²) in [5.74, 6) is 0. The molecule has 0 aliphatic carbocycles. The minimum absolute atomic E-state index is 0.786. The Morgan fingerprint density at radius 2 is 2.38 bits per heavy atom. The summed E-state index contributed by atoms with van der Waals surface area (Å²) in [5, 5.41) is 7.43. The highest BCUT2D eigenvalue weighted by Crippen LogP contribution is 1.94. The summed E-state index contributed by atoms with van der Waals surface area (Å²) in [5.41, 5.74) is 6.62. The van der Waals surface area contributed by atoms with E-state index >= 15 is 0 Å². The molecule has 0 saturated carbocycles. The van der Waals surface area contributed by atoms with Crippen LogP contribution in [0.3, 0.4) is 0 Å². The van der Waals surface area contributed by atoms with E-state index in [0.717, 1.165) is 32.5 Å². The first-order valence-electron chi connectivity index (χ1n) is 4.71. The topological polar surface area (TPSA) is 55.9 Å². The molecule has 4 nitrogen and oxygen atoms in total. The number of hydrogen-bond acceptors (Lipinski definition) is 3. The van der Waals surface area contributed by atoms with Gasteiger partial charge >= 0.3 is 0 Å². The number of rotatable bonds is 6. The predicted octanol–water partition coefficient (Wildman–Crippen LogP) is 0.249. The molecule has 1 aromatic rings. The number of nitrogens with two attached hydrogens (primary N) is 1. The molecular weight excluding hydrogens is 164 g/mol.